The van der Waals surface area contributed by atoms with Gasteiger partial charge in [0.05, 0.1) is 35.7 Å². The number of benzene rings is 2. The summed E-state index contributed by atoms with van der Waals surface area (Å²) in [6.45, 7) is 7.33. The fraction of sp³-hybridized carbons (Fsp3) is 0.488. The van der Waals surface area contributed by atoms with Crippen LogP contribution in [-0.4, -0.2) is 139 Å². The number of nitrogens with one attached hydrogen (secondary N) is 3. The van der Waals surface area contributed by atoms with Gasteiger partial charge in [0, 0.05) is 89.9 Å². The van der Waals surface area contributed by atoms with Gasteiger partial charge in [0.15, 0.2) is 5.69 Å². The number of carbonyl (C=O) groups is 7. The molecule has 0 aliphatic carbocycles. The number of oxazole rings is 1. The standard InChI is InChI=1S/C43H52N10O9/c44-38(56)28-11-14-50(15-12-28)34-24-27(7-8-30(34)46-39(57)32-26-62-43(47-32)52-20-22-61-23-21-52)25-49-16-18-51(19-17-49)36(55)6-1-2-13-45-31-5-3-4-29-37(31)42(60)53(41(29)59)33-9-10-35(54)48-40(33)58/h3-5,7-8,24,26,28,33,45H,1-2,6,9-23,25H2,(H2,44,56)(H,46,57)(H,48,54,58). The Morgan fingerprint density at radius 1 is 0.855 bits per heavy atom. The van der Waals surface area contributed by atoms with E-state index in [1.807, 2.05) is 21.9 Å². The van der Waals surface area contributed by atoms with Gasteiger partial charge in [-0.05, 0) is 61.9 Å². The first-order chi connectivity index (χ1) is 30.0. The Morgan fingerprint density at radius 3 is 2.37 bits per heavy atom. The molecular weight excluding hydrogens is 801 g/mol. The number of morpholine rings is 1. The summed E-state index contributed by atoms with van der Waals surface area (Å²) < 4.78 is 11.0. The number of fused-ring (bicyclic) bond motifs is 1. The third-order valence-electron chi connectivity index (χ3n) is 12.3. The van der Waals surface area contributed by atoms with Crippen molar-refractivity contribution in [2.75, 3.05) is 92.5 Å². The van der Waals surface area contributed by atoms with Crippen molar-refractivity contribution in [3.8, 4) is 0 Å². The number of nitrogens with two attached hydrogens (primary N) is 1. The van der Waals surface area contributed by atoms with Crippen molar-refractivity contribution in [3.05, 3.63) is 65.0 Å². The topological polar surface area (TPSA) is 233 Å². The molecule has 19 heteroatoms. The largest absolute Gasteiger partial charge is 0.431 e. The summed E-state index contributed by atoms with van der Waals surface area (Å²) in [7, 11) is 0. The number of piperazine rings is 1. The number of carbonyl (C=O) groups excluding carboxylic acids is 7. The van der Waals surface area contributed by atoms with Crippen molar-refractivity contribution in [1.82, 2.24) is 25.0 Å². The lowest BCUT2D eigenvalue weighted by molar-refractivity contribution is -0.136. The van der Waals surface area contributed by atoms with E-state index in [2.05, 4.69) is 36.8 Å². The molecule has 5 N–H and O–H groups in total. The van der Waals surface area contributed by atoms with E-state index in [1.54, 1.807) is 18.2 Å². The molecule has 7 amide bonds. The predicted molar refractivity (Wildman–Crippen MR) is 225 cm³/mol. The predicted octanol–water partition coefficient (Wildman–Crippen LogP) is 1.79. The van der Waals surface area contributed by atoms with Crippen molar-refractivity contribution in [2.24, 2.45) is 11.7 Å². The van der Waals surface area contributed by atoms with Crippen molar-refractivity contribution < 1.29 is 42.7 Å². The van der Waals surface area contributed by atoms with Crippen LogP contribution < -0.4 is 31.5 Å². The highest BCUT2D eigenvalue weighted by Crippen LogP contribution is 2.34. The Labute approximate surface area is 358 Å². The molecule has 5 aliphatic heterocycles. The molecule has 1 aromatic heterocycles. The highest BCUT2D eigenvalue weighted by molar-refractivity contribution is 6.25. The van der Waals surface area contributed by atoms with Gasteiger partial charge in [-0.25, -0.2) is 0 Å². The fourth-order valence-electron chi connectivity index (χ4n) is 8.76. The van der Waals surface area contributed by atoms with Crippen LogP contribution in [0.5, 0.6) is 0 Å². The number of piperidine rings is 2. The van der Waals surface area contributed by atoms with E-state index in [0.29, 0.717) is 128 Å². The second-order valence-electron chi connectivity index (χ2n) is 16.3. The summed E-state index contributed by atoms with van der Waals surface area (Å²) in [5.74, 6) is -3.00. The average Bonchev–Trinajstić information content (AvgIpc) is 3.88. The monoisotopic (exact) mass is 852 g/mol. The van der Waals surface area contributed by atoms with Crippen molar-refractivity contribution in [2.45, 2.75) is 57.5 Å². The average molecular weight is 853 g/mol. The van der Waals surface area contributed by atoms with Crippen LogP contribution >= 0.6 is 0 Å². The molecule has 328 valence electrons. The zero-order chi connectivity index (χ0) is 43.3. The van der Waals surface area contributed by atoms with Crippen LogP contribution in [0.2, 0.25) is 0 Å². The van der Waals surface area contributed by atoms with Crippen molar-refractivity contribution in [1.29, 1.82) is 0 Å². The van der Waals surface area contributed by atoms with Crippen LogP contribution in [0.15, 0.2) is 47.1 Å². The minimum Gasteiger partial charge on any atom is -0.431 e. The Kier molecular flexibility index (Phi) is 12.8. The number of ether oxygens (including phenoxy) is 1. The van der Waals surface area contributed by atoms with E-state index in [1.165, 1.54) is 6.26 Å². The van der Waals surface area contributed by atoms with Crippen LogP contribution in [0.1, 0.15) is 81.7 Å². The first kappa shape index (κ1) is 42.4. The molecule has 6 heterocycles. The zero-order valence-electron chi connectivity index (χ0n) is 34.6. The highest BCUT2D eigenvalue weighted by Gasteiger charge is 2.45. The molecule has 8 rings (SSSR count). The van der Waals surface area contributed by atoms with Gasteiger partial charge in [0.25, 0.3) is 23.7 Å². The summed E-state index contributed by atoms with van der Waals surface area (Å²) in [6, 6.07) is 10.3. The molecule has 1 atom stereocenters. The lowest BCUT2D eigenvalue weighted by atomic mass is 9.95. The number of unbranched alkanes of at least 4 members (excludes halogenated alkanes) is 1. The first-order valence-electron chi connectivity index (χ1n) is 21.4. The van der Waals surface area contributed by atoms with Crippen molar-refractivity contribution >= 4 is 64.4 Å². The third-order valence-corrected chi connectivity index (χ3v) is 12.3. The molecule has 19 nitrogen and oxygen atoms in total. The van der Waals surface area contributed by atoms with E-state index in [-0.39, 0.29) is 53.3 Å². The fourth-order valence-corrected chi connectivity index (χ4v) is 8.76. The molecule has 2 aromatic carbocycles. The third kappa shape index (κ3) is 9.28. The Hall–Kier alpha value is -6.34. The second-order valence-corrected chi connectivity index (χ2v) is 16.3. The van der Waals surface area contributed by atoms with Gasteiger partial charge in [0.1, 0.15) is 12.3 Å². The van der Waals surface area contributed by atoms with Crippen LogP contribution in [0.4, 0.5) is 23.1 Å². The maximum absolute atomic E-state index is 13.4. The maximum Gasteiger partial charge on any atom is 0.298 e. The normalized spacial score (nSPS) is 20.0. The number of primary amides is 1. The zero-order valence-corrected chi connectivity index (χ0v) is 34.6. The molecule has 0 spiro atoms. The van der Waals surface area contributed by atoms with Crippen LogP contribution in [-0.2, 0) is 30.5 Å². The molecule has 5 aliphatic rings. The summed E-state index contributed by atoms with van der Waals surface area (Å²) in [5.41, 5.74) is 9.24. The van der Waals surface area contributed by atoms with E-state index < -0.39 is 29.7 Å². The number of rotatable bonds is 14. The molecule has 1 unspecified atom stereocenters. The van der Waals surface area contributed by atoms with Gasteiger partial charge in [-0.3, -0.25) is 48.7 Å². The molecule has 4 saturated heterocycles. The summed E-state index contributed by atoms with van der Waals surface area (Å²) >= 11 is 0. The van der Waals surface area contributed by atoms with Crippen LogP contribution in [0.3, 0.4) is 0 Å². The smallest absolute Gasteiger partial charge is 0.298 e. The van der Waals surface area contributed by atoms with E-state index in [9.17, 15) is 33.6 Å². The van der Waals surface area contributed by atoms with Gasteiger partial charge >= 0.3 is 0 Å². The molecule has 0 bridgehead atoms. The summed E-state index contributed by atoms with van der Waals surface area (Å²) in [4.78, 5) is 103. The van der Waals surface area contributed by atoms with E-state index in [0.717, 1.165) is 16.2 Å². The van der Waals surface area contributed by atoms with Gasteiger partial charge in [-0.15, -0.1) is 0 Å². The molecule has 3 aromatic rings. The van der Waals surface area contributed by atoms with Crippen molar-refractivity contribution in [3.63, 3.8) is 0 Å². The molecular formula is C43H52N10O9. The number of imide groups is 2. The van der Waals surface area contributed by atoms with Gasteiger partial charge in [0.2, 0.25) is 23.6 Å². The number of aromatic nitrogens is 1. The SMILES string of the molecule is NC(=O)C1CCN(c2cc(CN3CCN(C(=O)CCCCNc4cccc5c4C(=O)N(C4CCC(=O)NC4=O)C5=O)CC3)ccc2NC(=O)c2coc(N3CCOCC3)n2)CC1. The first-order valence-corrected chi connectivity index (χ1v) is 21.4. The Morgan fingerprint density at radius 2 is 1.63 bits per heavy atom. The minimum atomic E-state index is -1.03. The number of anilines is 4. The number of hydrogen-bond donors (Lipinski definition) is 4. The maximum atomic E-state index is 13.4. The molecule has 0 saturated carbocycles. The number of nitrogens with zero attached hydrogens (tertiary/aromatic N) is 6. The van der Waals surface area contributed by atoms with Gasteiger partial charge in [-0.2, -0.15) is 4.98 Å². The van der Waals surface area contributed by atoms with E-state index >= 15 is 0 Å². The summed E-state index contributed by atoms with van der Waals surface area (Å²) in [6.07, 6.45) is 4.40. The van der Waals surface area contributed by atoms with Gasteiger partial charge < -0.3 is 40.2 Å². The lowest BCUT2D eigenvalue weighted by Crippen LogP contribution is -2.54. The van der Waals surface area contributed by atoms with Crippen LogP contribution in [0.25, 0.3) is 0 Å². The summed E-state index contributed by atoms with van der Waals surface area (Å²) in [5, 5.41) is 8.49. The molecule has 62 heavy (non-hydrogen) atoms. The van der Waals surface area contributed by atoms with Gasteiger partial charge in [-0.1, -0.05) is 12.1 Å². The van der Waals surface area contributed by atoms with Crippen LogP contribution in [0, 0.1) is 5.92 Å². The lowest BCUT2D eigenvalue weighted by Gasteiger charge is -2.36. The number of hydrogen-bond acceptors (Lipinski definition) is 14. The number of amides is 7. The quantitative estimate of drug-likeness (QED) is 0.134. The Balaban J connectivity index is 0.815. The second kappa shape index (κ2) is 18.7. The molecule has 0 radical (unpaired) electrons. The highest BCUT2D eigenvalue weighted by atomic mass is 16.5. The van der Waals surface area contributed by atoms with E-state index in [4.69, 9.17) is 14.9 Å². The Bertz CT molecular complexity index is 2220. The molecule has 4 fully saturated rings. The minimum absolute atomic E-state index is 0.0499.